The predicted octanol–water partition coefficient (Wildman–Crippen LogP) is 5.59. The zero-order valence-electron chi connectivity index (χ0n) is 12.4. The first-order chi connectivity index (χ1) is 9.95. The van der Waals surface area contributed by atoms with Crippen LogP contribution in [-0.2, 0) is 6.54 Å². The molecule has 0 amide bonds. The molecule has 0 heterocycles. The van der Waals surface area contributed by atoms with Crippen molar-refractivity contribution in [1.29, 1.82) is 0 Å². The highest BCUT2D eigenvalue weighted by Gasteiger charge is 2.08. The third-order valence-corrected chi connectivity index (χ3v) is 3.61. The van der Waals surface area contributed by atoms with Gasteiger partial charge in [-0.25, -0.2) is 0 Å². The Morgan fingerprint density at radius 2 is 1.62 bits per heavy atom. The molecule has 2 nitrogen and oxygen atoms in total. The summed E-state index contributed by atoms with van der Waals surface area (Å²) in [6.07, 6.45) is 0. The molecular weight excluding hydrogens is 305 g/mol. The minimum absolute atomic E-state index is 0.436. The Morgan fingerprint density at radius 3 is 2.19 bits per heavy atom. The van der Waals surface area contributed by atoms with E-state index in [1.165, 1.54) is 0 Å². The van der Waals surface area contributed by atoms with Crippen LogP contribution in [0.3, 0.4) is 0 Å². The predicted molar refractivity (Wildman–Crippen MR) is 89.7 cm³/mol. The van der Waals surface area contributed by atoms with Crippen molar-refractivity contribution in [2.45, 2.75) is 33.4 Å². The van der Waals surface area contributed by atoms with Gasteiger partial charge in [-0.3, -0.25) is 0 Å². The highest BCUT2D eigenvalue weighted by Crippen LogP contribution is 2.34. The van der Waals surface area contributed by atoms with Crippen LogP contribution >= 0.6 is 23.2 Å². The summed E-state index contributed by atoms with van der Waals surface area (Å²) >= 11 is 12.5. The fourth-order valence-corrected chi connectivity index (χ4v) is 2.38. The fraction of sp³-hybridized carbons (Fsp3) is 0.294. The van der Waals surface area contributed by atoms with E-state index in [1.54, 1.807) is 0 Å². The van der Waals surface area contributed by atoms with E-state index in [4.69, 9.17) is 27.9 Å². The third-order valence-electron chi connectivity index (χ3n) is 3.02. The van der Waals surface area contributed by atoms with Crippen molar-refractivity contribution in [3.05, 3.63) is 57.6 Å². The Balaban J connectivity index is 2.13. The van der Waals surface area contributed by atoms with Crippen LogP contribution in [0.4, 0.5) is 0 Å². The van der Waals surface area contributed by atoms with E-state index < -0.39 is 0 Å². The van der Waals surface area contributed by atoms with E-state index in [0.717, 1.165) is 17.7 Å². The molecule has 0 aliphatic carbocycles. The van der Waals surface area contributed by atoms with Gasteiger partial charge in [0.2, 0.25) is 0 Å². The number of rotatable bonds is 5. The number of hydrogen-bond acceptors (Lipinski definition) is 2. The highest BCUT2D eigenvalue weighted by molar-refractivity contribution is 6.33. The lowest BCUT2D eigenvalue weighted by Crippen LogP contribution is -2.21. The molecule has 0 spiro atoms. The average Bonchev–Trinajstić information content (AvgIpc) is 2.42. The SMILES string of the molecule is Cc1ccc(Oc2ccc(CNC(C)C)cc2Cl)c(Cl)c1. The normalized spacial score (nSPS) is 11.0. The minimum Gasteiger partial charge on any atom is -0.454 e. The molecule has 0 aliphatic rings. The third kappa shape index (κ3) is 4.63. The molecule has 0 aliphatic heterocycles. The molecule has 2 aromatic rings. The van der Waals surface area contributed by atoms with E-state index in [2.05, 4.69) is 19.2 Å². The van der Waals surface area contributed by atoms with Gasteiger partial charge in [-0.2, -0.15) is 0 Å². The lowest BCUT2D eigenvalue weighted by Gasteiger charge is -2.12. The second-order valence-corrected chi connectivity index (χ2v) is 6.15. The van der Waals surface area contributed by atoms with Crippen LogP contribution in [0.25, 0.3) is 0 Å². The van der Waals surface area contributed by atoms with Gasteiger partial charge in [0.25, 0.3) is 0 Å². The van der Waals surface area contributed by atoms with Gasteiger partial charge in [-0.15, -0.1) is 0 Å². The van der Waals surface area contributed by atoms with Gasteiger partial charge < -0.3 is 10.1 Å². The Labute approximate surface area is 136 Å². The summed E-state index contributed by atoms with van der Waals surface area (Å²) in [5.74, 6) is 1.22. The number of ether oxygens (including phenoxy) is 1. The van der Waals surface area contributed by atoms with Crippen molar-refractivity contribution >= 4 is 23.2 Å². The maximum atomic E-state index is 6.28. The summed E-state index contributed by atoms with van der Waals surface area (Å²) in [6, 6.07) is 11.9. The molecule has 0 atom stereocenters. The van der Waals surface area contributed by atoms with Crippen molar-refractivity contribution < 1.29 is 4.74 Å². The summed E-state index contributed by atoms with van der Waals surface area (Å²) in [5, 5.41) is 4.51. The second-order valence-electron chi connectivity index (χ2n) is 5.34. The second kappa shape index (κ2) is 7.17. The monoisotopic (exact) mass is 323 g/mol. The maximum Gasteiger partial charge on any atom is 0.146 e. The van der Waals surface area contributed by atoms with E-state index >= 15 is 0 Å². The van der Waals surface area contributed by atoms with E-state index in [0.29, 0.717) is 27.6 Å². The van der Waals surface area contributed by atoms with Gasteiger partial charge in [0.1, 0.15) is 11.5 Å². The van der Waals surface area contributed by atoms with Crippen LogP contribution < -0.4 is 10.1 Å². The number of halogens is 2. The summed E-state index contributed by atoms with van der Waals surface area (Å²) in [4.78, 5) is 0. The van der Waals surface area contributed by atoms with Gasteiger partial charge in [-0.1, -0.05) is 49.2 Å². The summed E-state index contributed by atoms with van der Waals surface area (Å²) < 4.78 is 5.79. The molecule has 21 heavy (non-hydrogen) atoms. The van der Waals surface area contributed by atoms with Gasteiger partial charge >= 0.3 is 0 Å². The molecule has 2 rings (SSSR count). The van der Waals surface area contributed by atoms with Gasteiger partial charge in [0.05, 0.1) is 10.0 Å². The number of benzene rings is 2. The molecule has 4 heteroatoms. The molecule has 2 aromatic carbocycles. The molecule has 0 fully saturated rings. The van der Waals surface area contributed by atoms with Crippen molar-refractivity contribution in [2.75, 3.05) is 0 Å². The maximum absolute atomic E-state index is 6.28. The van der Waals surface area contributed by atoms with Crippen molar-refractivity contribution in [1.82, 2.24) is 5.32 Å². The van der Waals surface area contributed by atoms with Crippen molar-refractivity contribution in [3.63, 3.8) is 0 Å². The molecular formula is C17H19Cl2NO. The van der Waals surface area contributed by atoms with Crippen LogP contribution in [0.2, 0.25) is 10.0 Å². The Bertz CT molecular complexity index is 626. The van der Waals surface area contributed by atoms with Crippen LogP contribution in [0.15, 0.2) is 36.4 Å². The van der Waals surface area contributed by atoms with E-state index in [1.807, 2.05) is 43.3 Å². The topological polar surface area (TPSA) is 21.3 Å². The molecule has 0 unspecified atom stereocenters. The first-order valence-electron chi connectivity index (χ1n) is 6.91. The zero-order valence-corrected chi connectivity index (χ0v) is 13.9. The molecule has 1 N–H and O–H groups in total. The van der Waals surface area contributed by atoms with Gasteiger partial charge in [-0.05, 0) is 42.3 Å². The summed E-state index contributed by atoms with van der Waals surface area (Å²) in [7, 11) is 0. The molecule has 0 bridgehead atoms. The molecule has 0 radical (unpaired) electrons. The van der Waals surface area contributed by atoms with E-state index in [9.17, 15) is 0 Å². The van der Waals surface area contributed by atoms with Crippen LogP contribution in [0.5, 0.6) is 11.5 Å². The number of aryl methyl sites for hydroxylation is 1. The standard InChI is InChI=1S/C17H19Cl2NO/c1-11(2)20-10-13-5-7-17(15(19)9-13)21-16-6-4-12(3)8-14(16)18/h4-9,11,20H,10H2,1-3H3. The quantitative estimate of drug-likeness (QED) is 0.774. The fourth-order valence-electron chi connectivity index (χ4n) is 1.87. The van der Waals surface area contributed by atoms with Gasteiger partial charge in [0.15, 0.2) is 0 Å². The Morgan fingerprint density at radius 1 is 1.00 bits per heavy atom. The highest BCUT2D eigenvalue weighted by atomic mass is 35.5. The van der Waals surface area contributed by atoms with Crippen LogP contribution in [0.1, 0.15) is 25.0 Å². The largest absolute Gasteiger partial charge is 0.454 e. The smallest absolute Gasteiger partial charge is 0.146 e. The molecule has 0 aromatic heterocycles. The Hall–Kier alpha value is -1.22. The molecule has 0 saturated heterocycles. The van der Waals surface area contributed by atoms with Gasteiger partial charge in [0, 0.05) is 12.6 Å². The Kier molecular flexibility index (Phi) is 5.51. The summed E-state index contributed by atoms with van der Waals surface area (Å²) in [5.41, 5.74) is 2.21. The first-order valence-corrected chi connectivity index (χ1v) is 7.67. The summed E-state index contributed by atoms with van der Waals surface area (Å²) in [6.45, 7) is 6.99. The average molecular weight is 324 g/mol. The van der Waals surface area contributed by atoms with Crippen LogP contribution in [-0.4, -0.2) is 6.04 Å². The van der Waals surface area contributed by atoms with E-state index in [-0.39, 0.29) is 0 Å². The van der Waals surface area contributed by atoms with Crippen LogP contribution in [0, 0.1) is 6.92 Å². The first kappa shape index (κ1) is 16.2. The van der Waals surface area contributed by atoms with Crippen molar-refractivity contribution in [2.24, 2.45) is 0 Å². The lowest BCUT2D eigenvalue weighted by atomic mass is 10.2. The number of hydrogen-bond donors (Lipinski definition) is 1. The molecule has 112 valence electrons. The number of nitrogens with one attached hydrogen (secondary N) is 1. The van der Waals surface area contributed by atoms with Crippen molar-refractivity contribution in [3.8, 4) is 11.5 Å². The minimum atomic E-state index is 0.436. The molecule has 0 saturated carbocycles. The lowest BCUT2D eigenvalue weighted by molar-refractivity contribution is 0.482. The zero-order chi connectivity index (χ0) is 15.4.